The molecule has 1 heterocycles. The van der Waals surface area contributed by atoms with Gasteiger partial charge in [0.1, 0.15) is 0 Å². The highest BCUT2D eigenvalue weighted by atomic mass is 32.2. The molecule has 3 nitrogen and oxygen atoms in total. The predicted octanol–water partition coefficient (Wildman–Crippen LogP) is 3.83. The highest BCUT2D eigenvalue weighted by Gasteiger charge is 2.29. The first kappa shape index (κ1) is 18.4. The van der Waals surface area contributed by atoms with Gasteiger partial charge in [0.15, 0.2) is 11.7 Å². The molecular weight excluding hydrogens is 323 g/mol. The minimum Gasteiger partial charge on any atom is -0.475 e. The van der Waals surface area contributed by atoms with Gasteiger partial charge < -0.3 is 4.74 Å². The molecule has 0 spiro atoms. The largest absolute Gasteiger partial charge is 0.475 e. The Hall–Kier alpha value is -0.600. The molecule has 0 amide bonds. The Morgan fingerprint density at radius 2 is 1.95 bits per heavy atom. The van der Waals surface area contributed by atoms with E-state index in [1.807, 2.05) is 13.8 Å². The summed E-state index contributed by atoms with van der Waals surface area (Å²) in [5.74, 6) is 0.367. The number of hydrogen-bond acceptors (Lipinski definition) is 3. The van der Waals surface area contributed by atoms with E-state index in [0.29, 0.717) is 6.42 Å². The van der Waals surface area contributed by atoms with Gasteiger partial charge in [0.2, 0.25) is 0 Å². The molecule has 2 unspecified atom stereocenters. The van der Waals surface area contributed by atoms with E-state index in [2.05, 4.69) is 0 Å². The van der Waals surface area contributed by atoms with Crippen LogP contribution >= 0.6 is 11.3 Å². The molecule has 0 bridgehead atoms. The van der Waals surface area contributed by atoms with Crippen molar-refractivity contribution in [2.75, 3.05) is 6.61 Å². The van der Waals surface area contributed by atoms with Crippen molar-refractivity contribution >= 4 is 22.3 Å². The summed E-state index contributed by atoms with van der Waals surface area (Å²) < 4.78 is 52.4. The van der Waals surface area contributed by atoms with Crippen molar-refractivity contribution in [3.8, 4) is 5.06 Å². The van der Waals surface area contributed by atoms with E-state index in [4.69, 9.17) is 9.88 Å². The summed E-state index contributed by atoms with van der Waals surface area (Å²) in [6.07, 6.45) is -3.72. The standard InChI is InChI=1S/C13H20F3NO2S2/c1-8(2)10(6-9(3)21(17)18)11-4-5-12(20-11)19-7-13(14,15)16/h4-5,8-10H,6-7,17H2,1-3H3/t9?,10-,21?/m0/s1. The van der Waals surface area contributed by atoms with Gasteiger partial charge >= 0.3 is 6.18 Å². The molecule has 0 aliphatic rings. The highest BCUT2D eigenvalue weighted by molar-refractivity contribution is 7.83. The van der Waals surface area contributed by atoms with Crippen LogP contribution < -0.4 is 9.88 Å². The number of alkyl halides is 3. The van der Waals surface area contributed by atoms with Crippen LogP contribution in [0, 0.1) is 5.92 Å². The molecule has 0 aliphatic heterocycles. The van der Waals surface area contributed by atoms with Crippen LogP contribution in [0.2, 0.25) is 0 Å². The van der Waals surface area contributed by atoms with Gasteiger partial charge in [-0.3, -0.25) is 5.14 Å². The lowest BCUT2D eigenvalue weighted by molar-refractivity contribution is -0.152. The van der Waals surface area contributed by atoms with Crippen LogP contribution in [0.15, 0.2) is 12.1 Å². The average molecular weight is 343 g/mol. The van der Waals surface area contributed by atoms with E-state index < -0.39 is 23.8 Å². The number of rotatable bonds is 7. The minimum absolute atomic E-state index is 0.0979. The molecule has 1 aromatic rings. The quantitative estimate of drug-likeness (QED) is 0.818. The van der Waals surface area contributed by atoms with Crippen LogP contribution in [0.5, 0.6) is 5.06 Å². The second-order valence-electron chi connectivity index (χ2n) is 5.29. The summed E-state index contributed by atoms with van der Waals surface area (Å²) in [7, 11) is -1.40. The normalized spacial score (nSPS) is 16.8. The second-order valence-corrected chi connectivity index (χ2v) is 7.83. The van der Waals surface area contributed by atoms with Gasteiger partial charge in [-0.15, -0.1) is 11.3 Å². The minimum atomic E-state index is -4.34. The maximum absolute atomic E-state index is 12.1. The van der Waals surface area contributed by atoms with Gasteiger partial charge in [-0.25, -0.2) is 4.21 Å². The van der Waals surface area contributed by atoms with E-state index >= 15 is 0 Å². The van der Waals surface area contributed by atoms with Crippen molar-refractivity contribution in [1.29, 1.82) is 0 Å². The summed E-state index contributed by atoms with van der Waals surface area (Å²) in [5.41, 5.74) is 0. The third-order valence-corrected chi connectivity index (χ3v) is 5.25. The number of ether oxygens (including phenoxy) is 1. The van der Waals surface area contributed by atoms with Crippen molar-refractivity contribution in [2.24, 2.45) is 11.1 Å². The van der Waals surface area contributed by atoms with Gasteiger partial charge in [-0.1, -0.05) is 13.8 Å². The first-order chi connectivity index (χ1) is 9.60. The average Bonchev–Trinajstić information content (AvgIpc) is 2.80. The van der Waals surface area contributed by atoms with E-state index in [-0.39, 0.29) is 22.1 Å². The lowest BCUT2D eigenvalue weighted by atomic mass is 9.90. The molecule has 2 N–H and O–H groups in total. The van der Waals surface area contributed by atoms with Gasteiger partial charge in [0.05, 0.1) is 11.0 Å². The summed E-state index contributed by atoms with van der Waals surface area (Å²) in [5, 5.41) is 5.47. The highest BCUT2D eigenvalue weighted by Crippen LogP contribution is 2.37. The van der Waals surface area contributed by atoms with Crippen molar-refractivity contribution in [1.82, 2.24) is 0 Å². The fourth-order valence-electron chi connectivity index (χ4n) is 1.93. The van der Waals surface area contributed by atoms with Gasteiger partial charge in [-0.05, 0) is 37.3 Å². The van der Waals surface area contributed by atoms with Gasteiger partial charge in [0.25, 0.3) is 0 Å². The summed E-state index contributed by atoms with van der Waals surface area (Å²) in [6.45, 7) is 4.56. The molecule has 21 heavy (non-hydrogen) atoms. The van der Waals surface area contributed by atoms with E-state index in [1.54, 1.807) is 19.1 Å². The smallest absolute Gasteiger partial charge is 0.422 e. The van der Waals surface area contributed by atoms with Crippen LogP contribution in [0.1, 0.15) is 38.0 Å². The van der Waals surface area contributed by atoms with E-state index in [1.165, 1.54) is 11.3 Å². The number of nitrogens with two attached hydrogens (primary N) is 1. The third-order valence-electron chi connectivity index (χ3n) is 3.13. The first-order valence-electron chi connectivity index (χ1n) is 6.54. The Bertz CT molecular complexity index is 474. The second kappa shape index (κ2) is 7.60. The Labute approximate surface area is 129 Å². The molecule has 122 valence electrons. The first-order valence-corrected chi connectivity index (χ1v) is 8.63. The van der Waals surface area contributed by atoms with Gasteiger partial charge in [-0.2, -0.15) is 13.2 Å². The fourth-order valence-corrected chi connectivity index (χ4v) is 3.47. The van der Waals surface area contributed by atoms with Crippen LogP contribution in [0.4, 0.5) is 13.2 Å². The maximum Gasteiger partial charge on any atom is 0.422 e. The Morgan fingerprint density at radius 3 is 2.43 bits per heavy atom. The molecular formula is C13H20F3NO2S2. The molecule has 0 saturated carbocycles. The predicted molar refractivity (Wildman–Crippen MR) is 79.9 cm³/mol. The fraction of sp³-hybridized carbons (Fsp3) is 0.692. The molecule has 0 fully saturated rings. The Balaban J connectivity index is 2.76. The maximum atomic E-state index is 12.1. The molecule has 0 aliphatic carbocycles. The molecule has 0 aromatic carbocycles. The Morgan fingerprint density at radius 1 is 1.33 bits per heavy atom. The number of hydrogen-bond donors (Lipinski definition) is 1. The molecule has 0 radical (unpaired) electrons. The van der Waals surface area contributed by atoms with Crippen LogP contribution in [0.25, 0.3) is 0 Å². The molecule has 1 rings (SSSR count). The SMILES string of the molecule is CC(C)[C@H](CC(C)S(N)=O)c1ccc(OCC(F)(F)F)s1. The molecule has 1 aromatic heterocycles. The summed E-state index contributed by atoms with van der Waals surface area (Å²) in [6, 6.07) is 3.32. The van der Waals surface area contributed by atoms with Crippen molar-refractivity contribution in [3.63, 3.8) is 0 Å². The van der Waals surface area contributed by atoms with Crippen molar-refractivity contribution in [3.05, 3.63) is 17.0 Å². The zero-order valence-electron chi connectivity index (χ0n) is 12.1. The van der Waals surface area contributed by atoms with Crippen LogP contribution in [-0.4, -0.2) is 22.2 Å². The van der Waals surface area contributed by atoms with E-state index in [9.17, 15) is 17.4 Å². The number of thiophene rings is 1. The Kier molecular flexibility index (Phi) is 6.68. The molecule has 3 atom stereocenters. The number of halogens is 3. The van der Waals surface area contributed by atoms with Crippen molar-refractivity contribution < 1.29 is 22.1 Å². The lowest BCUT2D eigenvalue weighted by Crippen LogP contribution is -2.22. The van der Waals surface area contributed by atoms with Gasteiger partial charge in [0, 0.05) is 10.1 Å². The molecule has 0 saturated heterocycles. The van der Waals surface area contributed by atoms with E-state index in [0.717, 1.165) is 4.88 Å². The van der Waals surface area contributed by atoms with Crippen LogP contribution in [-0.2, 0) is 11.0 Å². The zero-order valence-corrected chi connectivity index (χ0v) is 13.8. The van der Waals surface area contributed by atoms with Crippen molar-refractivity contribution in [2.45, 2.75) is 44.5 Å². The summed E-state index contributed by atoms with van der Waals surface area (Å²) >= 11 is 1.20. The summed E-state index contributed by atoms with van der Waals surface area (Å²) in [4.78, 5) is 0.930. The zero-order chi connectivity index (χ0) is 16.2. The van der Waals surface area contributed by atoms with Crippen LogP contribution in [0.3, 0.4) is 0 Å². The monoisotopic (exact) mass is 343 g/mol. The molecule has 8 heteroatoms. The topological polar surface area (TPSA) is 52.3 Å². The lowest BCUT2D eigenvalue weighted by Gasteiger charge is -2.22. The third kappa shape index (κ3) is 6.36.